The Morgan fingerprint density at radius 3 is 2.62 bits per heavy atom. The molecule has 0 saturated carbocycles. The summed E-state index contributed by atoms with van der Waals surface area (Å²) >= 11 is 0. The molecule has 0 radical (unpaired) electrons. The molecule has 16 heavy (non-hydrogen) atoms. The Morgan fingerprint density at radius 2 is 1.81 bits per heavy atom. The Hall–Kier alpha value is -2.30. The molecule has 3 rings (SSSR count). The predicted octanol–water partition coefficient (Wildman–Crippen LogP) is 1.45. The van der Waals surface area contributed by atoms with Crippen molar-refractivity contribution in [3.63, 3.8) is 0 Å². The van der Waals surface area contributed by atoms with Gasteiger partial charge in [-0.25, -0.2) is 9.97 Å². The maximum Gasteiger partial charge on any atom is 0.231 e. The lowest BCUT2D eigenvalue weighted by Gasteiger charge is -2.01. The zero-order chi connectivity index (χ0) is 11.0. The Bertz CT molecular complexity index is 525. The summed E-state index contributed by atoms with van der Waals surface area (Å²) < 4.78 is 10.5. The van der Waals surface area contributed by atoms with Gasteiger partial charge < -0.3 is 15.2 Å². The average molecular weight is 215 g/mol. The first-order valence-electron chi connectivity index (χ1n) is 4.80. The topological polar surface area (TPSA) is 70.3 Å². The van der Waals surface area contributed by atoms with Gasteiger partial charge in [0.05, 0.1) is 18.1 Å². The quantitative estimate of drug-likeness (QED) is 0.779. The number of anilines is 1. The van der Waals surface area contributed by atoms with Crippen LogP contribution in [-0.2, 0) is 0 Å². The number of nitrogens with two attached hydrogens (primary N) is 1. The monoisotopic (exact) mass is 215 g/mol. The standard InChI is InChI=1S/C11H9N3O2/c12-8-4-13-11(14-5-8)7-1-2-9-10(3-7)16-6-15-9/h1-5H,6,12H2. The summed E-state index contributed by atoms with van der Waals surface area (Å²) in [5, 5.41) is 0. The van der Waals surface area contributed by atoms with Crippen LogP contribution in [0.4, 0.5) is 5.69 Å². The van der Waals surface area contributed by atoms with E-state index in [1.165, 1.54) is 0 Å². The number of benzene rings is 1. The number of nitrogen functional groups attached to an aromatic ring is 1. The molecule has 5 nitrogen and oxygen atoms in total. The summed E-state index contributed by atoms with van der Waals surface area (Å²) in [5.74, 6) is 2.09. The highest BCUT2D eigenvalue weighted by atomic mass is 16.7. The third kappa shape index (κ3) is 1.42. The van der Waals surface area contributed by atoms with Crippen LogP contribution < -0.4 is 15.2 Å². The van der Waals surface area contributed by atoms with Gasteiger partial charge in [0, 0.05) is 5.56 Å². The van der Waals surface area contributed by atoms with Gasteiger partial charge in [0.15, 0.2) is 17.3 Å². The third-order valence-electron chi connectivity index (χ3n) is 2.30. The molecule has 2 N–H and O–H groups in total. The molecule has 0 aliphatic carbocycles. The molecule has 0 unspecified atom stereocenters. The molecule has 1 aromatic heterocycles. The van der Waals surface area contributed by atoms with Crippen molar-refractivity contribution < 1.29 is 9.47 Å². The molecule has 80 valence electrons. The van der Waals surface area contributed by atoms with Crippen molar-refractivity contribution in [1.29, 1.82) is 0 Å². The maximum atomic E-state index is 5.53. The Balaban J connectivity index is 2.03. The summed E-state index contributed by atoms with van der Waals surface area (Å²) in [4.78, 5) is 8.28. The second-order valence-corrected chi connectivity index (χ2v) is 3.41. The van der Waals surface area contributed by atoms with E-state index in [-0.39, 0.29) is 6.79 Å². The zero-order valence-corrected chi connectivity index (χ0v) is 8.38. The second kappa shape index (κ2) is 3.37. The van der Waals surface area contributed by atoms with Gasteiger partial charge in [0.1, 0.15) is 0 Å². The fraction of sp³-hybridized carbons (Fsp3) is 0.0909. The van der Waals surface area contributed by atoms with Crippen molar-refractivity contribution >= 4 is 5.69 Å². The minimum Gasteiger partial charge on any atom is -0.454 e. The Morgan fingerprint density at radius 1 is 1.06 bits per heavy atom. The number of hydrogen-bond donors (Lipinski definition) is 1. The first kappa shape index (κ1) is 8.96. The van der Waals surface area contributed by atoms with E-state index in [1.54, 1.807) is 12.4 Å². The van der Waals surface area contributed by atoms with Crippen molar-refractivity contribution in [3.8, 4) is 22.9 Å². The fourth-order valence-electron chi connectivity index (χ4n) is 1.52. The summed E-state index contributed by atoms with van der Waals surface area (Å²) in [5.41, 5.74) is 6.95. The molecular weight excluding hydrogens is 206 g/mol. The largest absolute Gasteiger partial charge is 0.454 e. The summed E-state index contributed by atoms with van der Waals surface area (Å²) in [6.07, 6.45) is 3.15. The highest BCUT2D eigenvalue weighted by Crippen LogP contribution is 2.34. The molecule has 5 heteroatoms. The minimum atomic E-state index is 0.265. The van der Waals surface area contributed by atoms with E-state index in [9.17, 15) is 0 Å². The lowest BCUT2D eigenvalue weighted by Crippen LogP contribution is -1.93. The van der Waals surface area contributed by atoms with Crippen molar-refractivity contribution in [3.05, 3.63) is 30.6 Å². The molecule has 0 atom stereocenters. The molecule has 0 spiro atoms. The minimum absolute atomic E-state index is 0.265. The molecule has 0 bridgehead atoms. The molecule has 0 fully saturated rings. The van der Waals surface area contributed by atoms with E-state index in [1.807, 2.05) is 18.2 Å². The number of ether oxygens (including phenoxy) is 2. The predicted molar refractivity (Wildman–Crippen MR) is 58.0 cm³/mol. The van der Waals surface area contributed by atoms with E-state index < -0.39 is 0 Å². The number of hydrogen-bond acceptors (Lipinski definition) is 5. The SMILES string of the molecule is Nc1cnc(-c2ccc3c(c2)OCO3)nc1. The summed E-state index contributed by atoms with van der Waals surface area (Å²) in [6, 6.07) is 5.59. The highest BCUT2D eigenvalue weighted by Gasteiger charge is 2.14. The van der Waals surface area contributed by atoms with E-state index in [2.05, 4.69) is 9.97 Å². The van der Waals surface area contributed by atoms with Crippen LogP contribution in [0.15, 0.2) is 30.6 Å². The summed E-state index contributed by atoms with van der Waals surface area (Å²) in [6.45, 7) is 0.265. The molecular formula is C11H9N3O2. The maximum absolute atomic E-state index is 5.53. The molecule has 2 heterocycles. The van der Waals surface area contributed by atoms with Gasteiger partial charge in [0.25, 0.3) is 0 Å². The average Bonchev–Trinajstić information content (AvgIpc) is 2.77. The zero-order valence-electron chi connectivity index (χ0n) is 8.38. The molecule has 1 aliphatic rings. The number of nitrogens with zero attached hydrogens (tertiary/aromatic N) is 2. The van der Waals surface area contributed by atoms with E-state index >= 15 is 0 Å². The van der Waals surface area contributed by atoms with Crippen molar-refractivity contribution in [1.82, 2.24) is 9.97 Å². The lowest BCUT2D eigenvalue weighted by atomic mass is 10.2. The van der Waals surface area contributed by atoms with Crippen LogP contribution in [0, 0.1) is 0 Å². The van der Waals surface area contributed by atoms with Crippen LogP contribution >= 0.6 is 0 Å². The van der Waals surface area contributed by atoms with Gasteiger partial charge in [-0.15, -0.1) is 0 Å². The van der Waals surface area contributed by atoms with Crippen molar-refractivity contribution in [2.45, 2.75) is 0 Å². The van der Waals surface area contributed by atoms with Gasteiger partial charge in [-0.2, -0.15) is 0 Å². The Labute approximate surface area is 91.9 Å². The molecule has 2 aromatic rings. The third-order valence-corrected chi connectivity index (χ3v) is 2.30. The second-order valence-electron chi connectivity index (χ2n) is 3.41. The number of rotatable bonds is 1. The van der Waals surface area contributed by atoms with Gasteiger partial charge in [-0.3, -0.25) is 0 Å². The van der Waals surface area contributed by atoms with Gasteiger partial charge in [-0.1, -0.05) is 0 Å². The number of aromatic nitrogens is 2. The van der Waals surface area contributed by atoms with Crippen LogP contribution in [0.25, 0.3) is 11.4 Å². The van der Waals surface area contributed by atoms with Gasteiger partial charge >= 0.3 is 0 Å². The van der Waals surface area contributed by atoms with Gasteiger partial charge in [-0.05, 0) is 18.2 Å². The van der Waals surface area contributed by atoms with Crippen molar-refractivity contribution in [2.24, 2.45) is 0 Å². The van der Waals surface area contributed by atoms with E-state index in [0.29, 0.717) is 11.5 Å². The normalized spacial score (nSPS) is 12.8. The van der Waals surface area contributed by atoms with Gasteiger partial charge in [0.2, 0.25) is 6.79 Å². The number of fused-ring (bicyclic) bond motifs is 1. The molecule has 0 saturated heterocycles. The molecule has 0 amide bonds. The van der Waals surface area contributed by atoms with Crippen LogP contribution in [0.2, 0.25) is 0 Å². The first-order chi connectivity index (χ1) is 7.83. The summed E-state index contributed by atoms with van der Waals surface area (Å²) in [7, 11) is 0. The highest BCUT2D eigenvalue weighted by molar-refractivity contribution is 5.61. The van der Waals surface area contributed by atoms with E-state index in [4.69, 9.17) is 15.2 Å². The van der Waals surface area contributed by atoms with Crippen LogP contribution in [-0.4, -0.2) is 16.8 Å². The lowest BCUT2D eigenvalue weighted by molar-refractivity contribution is 0.174. The van der Waals surface area contributed by atoms with E-state index in [0.717, 1.165) is 17.1 Å². The first-order valence-corrected chi connectivity index (χ1v) is 4.80. The van der Waals surface area contributed by atoms with Crippen molar-refractivity contribution in [2.75, 3.05) is 12.5 Å². The van der Waals surface area contributed by atoms with Crippen LogP contribution in [0.5, 0.6) is 11.5 Å². The van der Waals surface area contributed by atoms with Crippen LogP contribution in [0.1, 0.15) is 0 Å². The van der Waals surface area contributed by atoms with Crippen LogP contribution in [0.3, 0.4) is 0 Å². The molecule has 1 aliphatic heterocycles. The fourth-order valence-corrected chi connectivity index (χ4v) is 1.52. The smallest absolute Gasteiger partial charge is 0.231 e. The molecule has 1 aromatic carbocycles. The Kier molecular flexibility index (Phi) is 1.89.